The van der Waals surface area contributed by atoms with Crippen molar-refractivity contribution in [1.29, 1.82) is 0 Å². The first-order chi connectivity index (χ1) is 15.3. The van der Waals surface area contributed by atoms with Crippen molar-refractivity contribution in [3.8, 4) is 0 Å². The van der Waals surface area contributed by atoms with E-state index in [1.54, 1.807) is 11.3 Å². The molecule has 32 heavy (non-hydrogen) atoms. The monoisotopic (exact) mass is 453 g/mol. The molecule has 1 aliphatic heterocycles. The number of carbonyl (C=O) groups is 1. The van der Waals surface area contributed by atoms with Gasteiger partial charge in [0.1, 0.15) is 16.5 Å². The Morgan fingerprint density at radius 2 is 1.91 bits per heavy atom. The summed E-state index contributed by atoms with van der Waals surface area (Å²) in [5, 5.41) is 4.10. The second-order valence-corrected chi connectivity index (χ2v) is 9.67. The van der Waals surface area contributed by atoms with Gasteiger partial charge in [-0.15, -0.1) is 11.3 Å². The fourth-order valence-corrected chi connectivity index (χ4v) is 4.99. The van der Waals surface area contributed by atoms with Gasteiger partial charge < -0.3 is 15.0 Å². The van der Waals surface area contributed by atoms with E-state index in [1.807, 2.05) is 44.0 Å². The van der Waals surface area contributed by atoms with Crippen molar-refractivity contribution in [3.05, 3.63) is 45.6 Å². The number of fused-ring (bicyclic) bond motifs is 1. The molecule has 1 fully saturated rings. The maximum Gasteiger partial charge on any atom is 0.243 e. The molecule has 2 aromatic heterocycles. The Morgan fingerprint density at radius 3 is 2.66 bits per heavy atom. The number of hydrogen-bond donors (Lipinski definition) is 1. The van der Waals surface area contributed by atoms with Crippen LogP contribution >= 0.6 is 11.3 Å². The smallest absolute Gasteiger partial charge is 0.243 e. The van der Waals surface area contributed by atoms with Crippen LogP contribution < -0.4 is 10.2 Å². The summed E-state index contributed by atoms with van der Waals surface area (Å²) < 4.78 is 5.46. The second kappa shape index (κ2) is 9.52. The number of nitrogens with zero attached hydrogens (tertiary/aromatic N) is 4. The Hall–Kier alpha value is -2.55. The van der Waals surface area contributed by atoms with Crippen molar-refractivity contribution >= 4 is 39.0 Å². The highest BCUT2D eigenvalue weighted by Gasteiger charge is 2.21. The van der Waals surface area contributed by atoms with Gasteiger partial charge in [0.15, 0.2) is 0 Å². The van der Waals surface area contributed by atoms with Gasteiger partial charge in [0.25, 0.3) is 0 Å². The molecule has 3 heterocycles. The number of nitrogens with one attached hydrogen (secondary N) is 1. The van der Waals surface area contributed by atoms with Gasteiger partial charge in [0, 0.05) is 30.7 Å². The fraction of sp³-hybridized carbons (Fsp3) is 0.458. The number of morpholine rings is 1. The number of carbonyl (C=O) groups excluding carboxylic acids is 1. The van der Waals surface area contributed by atoms with Crippen LogP contribution in [0.4, 0.5) is 11.5 Å². The second-order valence-electron chi connectivity index (χ2n) is 8.47. The van der Waals surface area contributed by atoms with Crippen LogP contribution in [0.2, 0.25) is 0 Å². The Morgan fingerprint density at radius 1 is 1.16 bits per heavy atom. The number of hydrogen-bond acceptors (Lipinski definition) is 7. The van der Waals surface area contributed by atoms with E-state index in [-0.39, 0.29) is 12.5 Å². The molecule has 1 saturated heterocycles. The highest BCUT2D eigenvalue weighted by Crippen LogP contribution is 2.35. The van der Waals surface area contributed by atoms with Crippen molar-refractivity contribution < 1.29 is 9.53 Å². The number of amides is 1. The zero-order valence-electron chi connectivity index (χ0n) is 19.5. The number of ether oxygens (including phenoxy) is 1. The molecule has 3 aromatic rings. The molecule has 0 saturated carbocycles. The Labute approximate surface area is 193 Å². The minimum atomic E-state index is -0.0627. The van der Waals surface area contributed by atoms with Crippen LogP contribution in [0.5, 0.6) is 0 Å². The molecule has 0 atom stereocenters. The van der Waals surface area contributed by atoms with Crippen LogP contribution in [0, 0.1) is 27.7 Å². The predicted molar refractivity (Wildman–Crippen MR) is 131 cm³/mol. The molecule has 1 aromatic carbocycles. The quantitative estimate of drug-likeness (QED) is 0.612. The van der Waals surface area contributed by atoms with E-state index >= 15 is 0 Å². The van der Waals surface area contributed by atoms with Gasteiger partial charge >= 0.3 is 0 Å². The molecule has 0 bridgehead atoms. The first-order valence-electron chi connectivity index (χ1n) is 11.0. The fourth-order valence-electron chi connectivity index (χ4n) is 3.94. The SMILES string of the molecule is Cc1cccc(NC(=O)CN(C)c2nc(CN3CCOCC3)nc3sc(C)c(C)c23)c1C. The van der Waals surface area contributed by atoms with Gasteiger partial charge in [-0.05, 0) is 50.5 Å². The largest absolute Gasteiger partial charge is 0.379 e. The number of thiophene rings is 1. The third-order valence-electron chi connectivity index (χ3n) is 6.15. The molecule has 7 nitrogen and oxygen atoms in total. The molecule has 0 aliphatic carbocycles. The molecular formula is C24H31N5O2S. The van der Waals surface area contributed by atoms with Crippen LogP contribution in [-0.4, -0.2) is 60.7 Å². The van der Waals surface area contributed by atoms with E-state index in [1.165, 1.54) is 10.4 Å². The van der Waals surface area contributed by atoms with Crippen LogP contribution in [-0.2, 0) is 16.1 Å². The van der Waals surface area contributed by atoms with Crippen LogP contribution in [0.25, 0.3) is 10.2 Å². The first kappa shape index (κ1) is 22.6. The summed E-state index contributed by atoms with van der Waals surface area (Å²) in [6, 6.07) is 5.95. The molecular weight excluding hydrogens is 422 g/mol. The molecule has 0 unspecified atom stereocenters. The number of aromatic nitrogens is 2. The number of rotatable bonds is 6. The minimum absolute atomic E-state index is 0.0627. The summed E-state index contributed by atoms with van der Waals surface area (Å²) in [4.78, 5) is 29.1. The normalized spacial score (nSPS) is 14.7. The van der Waals surface area contributed by atoms with Gasteiger partial charge in [-0.3, -0.25) is 9.69 Å². The average Bonchev–Trinajstić information content (AvgIpc) is 3.05. The Bertz CT molecular complexity index is 1140. The number of aryl methyl sites for hydroxylation is 3. The summed E-state index contributed by atoms with van der Waals surface area (Å²) in [7, 11) is 1.93. The van der Waals surface area contributed by atoms with E-state index in [9.17, 15) is 4.79 Å². The number of anilines is 2. The van der Waals surface area contributed by atoms with Gasteiger partial charge in [0.05, 0.1) is 31.7 Å². The maximum atomic E-state index is 12.9. The molecule has 4 rings (SSSR count). The van der Waals surface area contributed by atoms with E-state index in [2.05, 4.69) is 24.1 Å². The molecule has 1 amide bonds. The zero-order chi connectivity index (χ0) is 22.8. The topological polar surface area (TPSA) is 70.6 Å². The van der Waals surface area contributed by atoms with E-state index in [4.69, 9.17) is 14.7 Å². The average molecular weight is 454 g/mol. The minimum Gasteiger partial charge on any atom is -0.379 e. The van der Waals surface area contributed by atoms with E-state index in [0.717, 1.165) is 65.0 Å². The summed E-state index contributed by atoms with van der Waals surface area (Å²) >= 11 is 1.69. The highest BCUT2D eigenvalue weighted by atomic mass is 32.1. The first-order valence-corrected chi connectivity index (χ1v) is 11.8. The van der Waals surface area contributed by atoms with Crippen molar-refractivity contribution in [2.45, 2.75) is 34.2 Å². The van der Waals surface area contributed by atoms with Gasteiger partial charge in [0.2, 0.25) is 5.91 Å². The van der Waals surface area contributed by atoms with E-state index in [0.29, 0.717) is 6.54 Å². The van der Waals surface area contributed by atoms with Crippen molar-refractivity contribution in [2.24, 2.45) is 0 Å². The number of benzene rings is 1. The van der Waals surface area contributed by atoms with Crippen LogP contribution in [0.15, 0.2) is 18.2 Å². The highest BCUT2D eigenvalue weighted by molar-refractivity contribution is 7.18. The lowest BCUT2D eigenvalue weighted by Gasteiger charge is -2.26. The lowest BCUT2D eigenvalue weighted by Crippen LogP contribution is -2.36. The number of likely N-dealkylation sites (N-methyl/N-ethyl adjacent to an activating group) is 1. The lowest BCUT2D eigenvalue weighted by atomic mass is 10.1. The van der Waals surface area contributed by atoms with Gasteiger partial charge in [-0.2, -0.15) is 0 Å². The standard InChI is InChI=1S/C24H31N5O2S/c1-15-7-6-8-19(16(15)2)25-21(30)14-28(5)23-22-17(3)18(4)32-24(22)27-20(26-23)13-29-9-11-31-12-10-29/h6-8H,9-14H2,1-5H3,(H,25,30). The van der Waals surface area contributed by atoms with Crippen molar-refractivity contribution in [2.75, 3.05) is 50.1 Å². The third-order valence-corrected chi connectivity index (χ3v) is 7.25. The molecule has 170 valence electrons. The third kappa shape index (κ3) is 4.77. The summed E-state index contributed by atoms with van der Waals surface area (Å²) in [5.74, 6) is 1.54. The summed E-state index contributed by atoms with van der Waals surface area (Å²) in [6.07, 6.45) is 0. The van der Waals surface area contributed by atoms with Crippen LogP contribution in [0.3, 0.4) is 0 Å². The zero-order valence-corrected chi connectivity index (χ0v) is 20.3. The molecule has 0 radical (unpaired) electrons. The Balaban J connectivity index is 1.59. The van der Waals surface area contributed by atoms with Gasteiger partial charge in [-0.1, -0.05) is 12.1 Å². The van der Waals surface area contributed by atoms with Crippen molar-refractivity contribution in [3.63, 3.8) is 0 Å². The molecule has 0 spiro atoms. The molecule has 1 aliphatic rings. The lowest BCUT2D eigenvalue weighted by molar-refractivity contribution is -0.114. The van der Waals surface area contributed by atoms with Crippen LogP contribution in [0.1, 0.15) is 27.4 Å². The summed E-state index contributed by atoms with van der Waals surface area (Å²) in [5.41, 5.74) is 4.28. The molecule has 1 N–H and O–H groups in total. The van der Waals surface area contributed by atoms with Crippen molar-refractivity contribution in [1.82, 2.24) is 14.9 Å². The maximum absolute atomic E-state index is 12.9. The Kier molecular flexibility index (Phi) is 6.74. The van der Waals surface area contributed by atoms with Gasteiger partial charge in [-0.25, -0.2) is 9.97 Å². The predicted octanol–water partition coefficient (Wildman–Crippen LogP) is 3.83. The molecule has 8 heteroatoms. The van der Waals surface area contributed by atoms with E-state index < -0.39 is 0 Å². The summed E-state index contributed by atoms with van der Waals surface area (Å²) in [6.45, 7) is 12.4.